The first kappa shape index (κ1) is 44.7. The first-order valence-electron chi connectivity index (χ1n) is 23.0. The third-order valence-corrected chi connectivity index (χ3v) is 47.7. The minimum atomic E-state index is -4.54. The van der Waals surface area contributed by atoms with Crippen LogP contribution in [-0.2, 0) is 0 Å². The molecule has 0 atom stereocenters. The average molecular weight is 990 g/mol. The van der Waals surface area contributed by atoms with Gasteiger partial charge in [0, 0.05) is 0 Å². The molecular weight excluding hydrogens is 939 g/mol. The minimum absolute atomic E-state index is 1.10. The number of rotatable bonds is 12. The standard InChI is InChI=1S/C62H50Cl2P4/c63-67(55-39-19-5-20-40-55,56-41-21-6-22-42-56,57-43-23-7-24-44-57)61-65(51-31-11-1-12-32-51,52-33-13-2-14-34-52)62(66(61,53-35-15-3-16-36-53)54-37-17-4-18-38-54)68(64,58-45-25-8-26-46-58,59-47-27-9-28-48-59)60-49-29-10-30-50-60/h1-50H. The Balaban J connectivity index is 1.62. The van der Waals surface area contributed by atoms with Gasteiger partial charge in [-0.25, -0.2) is 0 Å². The molecule has 0 saturated heterocycles. The van der Waals surface area contributed by atoms with E-state index in [4.69, 9.17) is 0 Å². The SMILES string of the molecule is ClP(C1=P(c2ccccc2)(c2ccccc2)C(P(Cl)(c2ccccc2)(c2ccccc2)c2ccccc2)=P1(c1ccccc1)c1ccccc1)(c1ccccc1)(c1ccccc1)c1ccccc1. The van der Waals surface area contributed by atoms with E-state index in [2.05, 4.69) is 303 Å². The fraction of sp³-hybridized carbons (Fsp3) is 0. The summed E-state index contributed by atoms with van der Waals surface area (Å²) in [4.78, 5) is 0. The summed E-state index contributed by atoms with van der Waals surface area (Å²) in [6, 6.07) is 112. The van der Waals surface area contributed by atoms with Gasteiger partial charge in [0.15, 0.2) is 0 Å². The van der Waals surface area contributed by atoms with Crippen LogP contribution >= 0.6 is 48.2 Å². The van der Waals surface area contributed by atoms with Crippen LogP contribution in [0.1, 0.15) is 0 Å². The molecule has 0 aromatic heterocycles. The van der Waals surface area contributed by atoms with Gasteiger partial charge in [-0.1, -0.05) is 0 Å². The van der Waals surface area contributed by atoms with Crippen LogP contribution in [0.2, 0.25) is 0 Å². The van der Waals surface area contributed by atoms with Crippen molar-refractivity contribution in [2.24, 2.45) is 0 Å². The van der Waals surface area contributed by atoms with Crippen LogP contribution in [0.5, 0.6) is 0 Å². The second-order valence-electron chi connectivity index (χ2n) is 17.3. The molecule has 68 heavy (non-hydrogen) atoms. The van der Waals surface area contributed by atoms with Crippen LogP contribution in [0.15, 0.2) is 303 Å². The third-order valence-electron chi connectivity index (χ3n) is 14.0. The Labute approximate surface area is 411 Å². The van der Waals surface area contributed by atoms with E-state index < -0.39 is 25.7 Å². The molecular formula is C62H50Cl2P4. The van der Waals surface area contributed by atoms with Gasteiger partial charge in [-0.15, -0.1) is 0 Å². The van der Waals surface area contributed by atoms with E-state index in [1.165, 1.54) is 30.8 Å². The van der Waals surface area contributed by atoms with Crippen molar-refractivity contribution in [2.45, 2.75) is 0 Å². The normalized spacial score (nSPS) is 15.4. The summed E-state index contributed by atoms with van der Waals surface area (Å²) in [5.41, 5.74) is 0. The first-order chi connectivity index (χ1) is 33.4. The zero-order chi connectivity index (χ0) is 46.2. The fourth-order valence-electron chi connectivity index (χ4n) is 11.4. The molecule has 0 nitrogen and oxygen atoms in total. The van der Waals surface area contributed by atoms with Gasteiger partial charge < -0.3 is 0 Å². The molecule has 10 aromatic rings. The van der Waals surface area contributed by atoms with Crippen LogP contribution < -0.4 is 53.0 Å². The molecule has 0 fully saturated rings. The number of benzene rings is 10. The van der Waals surface area contributed by atoms with Crippen LogP contribution in [0, 0.1) is 0 Å². The summed E-state index contributed by atoms with van der Waals surface area (Å²) < 4.78 is 2.78. The molecule has 0 saturated carbocycles. The molecule has 0 radical (unpaired) electrons. The predicted octanol–water partition coefficient (Wildman–Crippen LogP) is 12.9. The summed E-state index contributed by atoms with van der Waals surface area (Å²) in [5.74, 6) is -9.09. The monoisotopic (exact) mass is 988 g/mol. The molecule has 0 aliphatic carbocycles. The van der Waals surface area contributed by atoms with Crippen LogP contribution in [0.3, 0.4) is 0 Å². The van der Waals surface area contributed by atoms with E-state index in [0.29, 0.717) is 0 Å². The Hall–Kier alpha value is -5.76. The van der Waals surface area contributed by atoms with Crippen LogP contribution in [0.4, 0.5) is 0 Å². The number of hydrogen-bond acceptors (Lipinski definition) is 0. The Bertz CT molecular complexity index is 2930. The Morgan fingerprint density at radius 2 is 0.324 bits per heavy atom. The van der Waals surface area contributed by atoms with Crippen molar-refractivity contribution in [1.82, 2.24) is 0 Å². The molecule has 1 heterocycles. The van der Waals surface area contributed by atoms with Crippen molar-refractivity contribution in [1.29, 1.82) is 0 Å². The maximum atomic E-state index is 10.0. The molecule has 0 N–H and O–H groups in total. The van der Waals surface area contributed by atoms with Gasteiger partial charge in [0.1, 0.15) is 0 Å². The van der Waals surface area contributed by atoms with Gasteiger partial charge in [0.25, 0.3) is 0 Å². The van der Waals surface area contributed by atoms with Gasteiger partial charge in [-0.3, -0.25) is 0 Å². The summed E-state index contributed by atoms with van der Waals surface area (Å²) in [5, 5.41) is 11.5. The third kappa shape index (κ3) is 6.09. The molecule has 6 heteroatoms. The summed E-state index contributed by atoms with van der Waals surface area (Å²) in [6.07, 6.45) is 0. The fourth-order valence-corrected chi connectivity index (χ4v) is 55.8. The van der Waals surface area contributed by atoms with Gasteiger partial charge in [0.2, 0.25) is 0 Å². The van der Waals surface area contributed by atoms with E-state index >= 15 is 0 Å². The van der Waals surface area contributed by atoms with E-state index in [0.717, 1.165) is 31.8 Å². The van der Waals surface area contributed by atoms with Gasteiger partial charge in [-0.2, -0.15) is 0 Å². The van der Waals surface area contributed by atoms with Crippen molar-refractivity contribution in [3.05, 3.63) is 303 Å². The molecule has 11 rings (SSSR count). The zero-order valence-electron chi connectivity index (χ0n) is 37.4. The van der Waals surface area contributed by atoms with E-state index in [9.17, 15) is 22.5 Å². The summed E-state index contributed by atoms with van der Waals surface area (Å²) in [7, 11) is 0. The van der Waals surface area contributed by atoms with Crippen molar-refractivity contribution in [2.75, 3.05) is 0 Å². The van der Waals surface area contributed by atoms with Crippen molar-refractivity contribution in [3.8, 4) is 0 Å². The molecule has 0 amide bonds. The van der Waals surface area contributed by atoms with E-state index in [1.807, 2.05) is 0 Å². The number of hydrogen-bond donors (Lipinski definition) is 0. The summed E-state index contributed by atoms with van der Waals surface area (Å²) >= 11 is 20.1. The molecule has 0 bridgehead atoms. The van der Waals surface area contributed by atoms with Crippen LogP contribution in [-0.4, -0.2) is 9.55 Å². The maximum absolute atomic E-state index is 10.0. The van der Waals surface area contributed by atoms with Gasteiger partial charge >= 0.3 is 414 Å². The Morgan fingerprint density at radius 1 is 0.191 bits per heavy atom. The quantitative estimate of drug-likeness (QED) is 0.107. The van der Waals surface area contributed by atoms with Gasteiger partial charge in [-0.05, 0) is 0 Å². The van der Waals surface area contributed by atoms with Gasteiger partial charge in [0.05, 0.1) is 0 Å². The van der Waals surface area contributed by atoms with Crippen molar-refractivity contribution in [3.63, 3.8) is 0 Å². The van der Waals surface area contributed by atoms with Crippen LogP contribution in [0.25, 0.3) is 0 Å². The number of halogens is 2. The molecule has 1 aliphatic heterocycles. The van der Waals surface area contributed by atoms with E-state index in [-0.39, 0.29) is 0 Å². The second kappa shape index (κ2) is 17.6. The zero-order valence-corrected chi connectivity index (χ0v) is 42.5. The molecule has 0 spiro atoms. The predicted molar refractivity (Wildman–Crippen MR) is 310 cm³/mol. The molecule has 1 aliphatic rings. The molecule has 10 aromatic carbocycles. The van der Waals surface area contributed by atoms with E-state index in [1.54, 1.807) is 0 Å². The molecule has 0 unspecified atom stereocenters. The topological polar surface area (TPSA) is 0 Å². The molecule has 332 valence electrons. The van der Waals surface area contributed by atoms with Crippen molar-refractivity contribution < 1.29 is 0 Å². The summed E-state index contributed by atoms with van der Waals surface area (Å²) in [6.45, 7) is -6.56. The van der Waals surface area contributed by atoms with Crippen molar-refractivity contribution >= 4 is 111 Å². The Kier molecular flexibility index (Phi) is 11.6. The first-order valence-corrected chi connectivity index (χ1v) is 32.9. The Morgan fingerprint density at radius 3 is 0.471 bits per heavy atom. The average Bonchev–Trinajstić information content (AvgIpc) is 3.43. The second-order valence-corrected chi connectivity index (χ2v) is 38.1.